The zero-order chi connectivity index (χ0) is 18.6. The van der Waals surface area contributed by atoms with Crippen molar-refractivity contribution in [1.29, 1.82) is 0 Å². The summed E-state index contributed by atoms with van der Waals surface area (Å²) in [4.78, 5) is 11.5. The number of rotatable bonds is 3. The zero-order valence-corrected chi connectivity index (χ0v) is 13.9. The molecule has 136 valence electrons. The van der Waals surface area contributed by atoms with Crippen molar-refractivity contribution in [2.45, 2.75) is 31.5 Å². The van der Waals surface area contributed by atoms with E-state index in [0.717, 1.165) is 18.9 Å². The summed E-state index contributed by atoms with van der Waals surface area (Å²) in [5.41, 5.74) is 6.92. The molecule has 0 radical (unpaired) electrons. The van der Waals surface area contributed by atoms with Gasteiger partial charge in [-0.1, -0.05) is 17.7 Å². The molecule has 0 amide bonds. The Labute approximate surface area is 149 Å². The first-order chi connectivity index (χ1) is 12.2. The number of alkyl halides is 3. The van der Waals surface area contributed by atoms with E-state index in [0.29, 0.717) is 5.56 Å². The van der Waals surface area contributed by atoms with Crippen LogP contribution < -0.4 is 5.73 Å². The summed E-state index contributed by atoms with van der Waals surface area (Å²) in [7, 11) is 0. The molecule has 1 saturated carbocycles. The lowest BCUT2D eigenvalue weighted by Gasteiger charge is -2.10. The van der Waals surface area contributed by atoms with Gasteiger partial charge in [0.2, 0.25) is 11.8 Å². The molecule has 1 aliphatic carbocycles. The highest BCUT2D eigenvalue weighted by Crippen LogP contribution is 2.43. The number of imidazole rings is 1. The molecule has 0 atom stereocenters. The van der Waals surface area contributed by atoms with Crippen molar-refractivity contribution in [3.63, 3.8) is 0 Å². The van der Waals surface area contributed by atoms with Crippen LogP contribution >= 0.6 is 11.6 Å². The van der Waals surface area contributed by atoms with Gasteiger partial charge in [-0.2, -0.15) is 13.2 Å². The van der Waals surface area contributed by atoms with Crippen LogP contribution in [-0.2, 0) is 12.7 Å². The fourth-order valence-corrected chi connectivity index (χ4v) is 3.01. The second-order valence-electron chi connectivity index (χ2n) is 6.17. The van der Waals surface area contributed by atoms with Crippen molar-refractivity contribution in [3.05, 3.63) is 46.1 Å². The summed E-state index contributed by atoms with van der Waals surface area (Å²) in [6.45, 7) is 0.0138. The Bertz CT molecular complexity index is 1010. The van der Waals surface area contributed by atoms with Crippen molar-refractivity contribution in [1.82, 2.24) is 19.5 Å². The molecule has 1 aliphatic rings. The fraction of sp³-hybridized carbons (Fsp3) is 0.312. The molecular formula is C16H12ClF4N5. The van der Waals surface area contributed by atoms with Crippen LogP contribution in [0.4, 0.5) is 23.5 Å². The second-order valence-corrected chi connectivity index (χ2v) is 6.58. The standard InChI is InChI=1S/C16H12ClF4N5/c17-10-5-9(18)4-3-8(10)6-26-13-12(24-15(26)22)11(7-1-2-7)23-14(25-13)16(19,20)21/h3-5,7H,1-2,6H2,(H2,22,24). The Balaban J connectivity index is 1.89. The molecule has 5 nitrogen and oxygen atoms in total. The van der Waals surface area contributed by atoms with Crippen molar-refractivity contribution in [3.8, 4) is 0 Å². The third kappa shape index (κ3) is 2.96. The molecule has 26 heavy (non-hydrogen) atoms. The molecule has 4 rings (SSSR count). The van der Waals surface area contributed by atoms with E-state index in [9.17, 15) is 17.6 Å². The van der Waals surface area contributed by atoms with Crippen LogP contribution in [0.25, 0.3) is 11.2 Å². The first-order valence-corrected chi connectivity index (χ1v) is 8.16. The number of nitrogens with two attached hydrogens (primary N) is 1. The largest absolute Gasteiger partial charge is 0.451 e. The molecule has 2 N–H and O–H groups in total. The highest BCUT2D eigenvalue weighted by Gasteiger charge is 2.39. The third-order valence-corrected chi connectivity index (χ3v) is 4.56. The topological polar surface area (TPSA) is 69.6 Å². The minimum atomic E-state index is -4.69. The number of nitrogen functional groups attached to an aromatic ring is 1. The van der Waals surface area contributed by atoms with E-state index >= 15 is 0 Å². The lowest BCUT2D eigenvalue weighted by molar-refractivity contribution is -0.144. The Morgan fingerprint density at radius 3 is 2.54 bits per heavy atom. The van der Waals surface area contributed by atoms with Gasteiger partial charge in [0, 0.05) is 10.9 Å². The van der Waals surface area contributed by atoms with Crippen LogP contribution in [0.2, 0.25) is 5.02 Å². The molecule has 0 bridgehead atoms. The average molecular weight is 386 g/mol. The number of anilines is 1. The van der Waals surface area contributed by atoms with Crippen molar-refractivity contribution >= 4 is 28.7 Å². The van der Waals surface area contributed by atoms with Crippen LogP contribution in [0.15, 0.2) is 18.2 Å². The molecule has 0 saturated heterocycles. The molecule has 2 heterocycles. The van der Waals surface area contributed by atoms with Crippen LogP contribution in [0, 0.1) is 5.82 Å². The SMILES string of the molecule is Nc1nc2c(C3CC3)nc(C(F)(F)F)nc2n1Cc1ccc(F)cc1Cl. The highest BCUT2D eigenvalue weighted by molar-refractivity contribution is 6.31. The second kappa shape index (κ2) is 5.80. The molecule has 0 aliphatic heterocycles. The number of halogens is 5. The maximum absolute atomic E-state index is 13.2. The normalized spacial score (nSPS) is 15.0. The lowest BCUT2D eigenvalue weighted by atomic mass is 10.2. The van der Waals surface area contributed by atoms with Crippen molar-refractivity contribution < 1.29 is 17.6 Å². The van der Waals surface area contributed by atoms with Crippen molar-refractivity contribution in [2.75, 3.05) is 5.73 Å². The molecule has 0 spiro atoms. The number of nitrogens with zero attached hydrogens (tertiary/aromatic N) is 4. The first-order valence-electron chi connectivity index (χ1n) is 7.79. The summed E-state index contributed by atoms with van der Waals surface area (Å²) >= 11 is 6.02. The minimum absolute atomic E-state index is 0.00378. The predicted octanol–water partition coefficient (Wildman–Crippen LogP) is 4.15. The molecule has 1 fully saturated rings. The summed E-state index contributed by atoms with van der Waals surface area (Å²) in [6.07, 6.45) is -3.19. The molecule has 10 heteroatoms. The number of hydrogen-bond acceptors (Lipinski definition) is 4. The average Bonchev–Trinajstić information content (AvgIpc) is 3.33. The van der Waals surface area contributed by atoms with Gasteiger partial charge in [-0.05, 0) is 30.5 Å². The third-order valence-electron chi connectivity index (χ3n) is 4.21. The summed E-state index contributed by atoms with van der Waals surface area (Å²) in [5, 5.41) is 0.138. The summed E-state index contributed by atoms with van der Waals surface area (Å²) in [5.74, 6) is -1.81. The monoisotopic (exact) mass is 385 g/mol. The number of benzene rings is 1. The predicted molar refractivity (Wildman–Crippen MR) is 87.2 cm³/mol. The highest BCUT2D eigenvalue weighted by atomic mass is 35.5. The molecule has 2 aromatic heterocycles. The smallest absolute Gasteiger partial charge is 0.369 e. The van der Waals surface area contributed by atoms with Crippen LogP contribution in [0.1, 0.15) is 35.8 Å². The van der Waals surface area contributed by atoms with Gasteiger partial charge < -0.3 is 5.73 Å². The summed E-state index contributed by atoms with van der Waals surface area (Å²) in [6, 6.07) is 3.77. The molecule has 3 aromatic rings. The van der Waals surface area contributed by atoms with E-state index in [-0.39, 0.29) is 40.3 Å². The molecular weight excluding hydrogens is 374 g/mol. The minimum Gasteiger partial charge on any atom is -0.369 e. The van der Waals surface area contributed by atoms with Gasteiger partial charge in [-0.3, -0.25) is 4.57 Å². The quantitative estimate of drug-likeness (QED) is 0.688. The zero-order valence-electron chi connectivity index (χ0n) is 13.2. The van der Waals surface area contributed by atoms with Gasteiger partial charge in [0.25, 0.3) is 0 Å². The van der Waals surface area contributed by atoms with Gasteiger partial charge in [0.1, 0.15) is 11.3 Å². The lowest BCUT2D eigenvalue weighted by Crippen LogP contribution is -2.14. The molecule has 1 aromatic carbocycles. The maximum atomic E-state index is 13.2. The maximum Gasteiger partial charge on any atom is 0.451 e. The number of hydrogen-bond donors (Lipinski definition) is 1. The molecule has 0 unspecified atom stereocenters. The van der Waals surface area contributed by atoms with E-state index in [1.54, 1.807) is 0 Å². The number of aromatic nitrogens is 4. The van der Waals surface area contributed by atoms with E-state index in [2.05, 4.69) is 15.0 Å². The van der Waals surface area contributed by atoms with Crippen LogP contribution in [0.3, 0.4) is 0 Å². The van der Waals surface area contributed by atoms with E-state index in [1.165, 1.54) is 16.7 Å². The van der Waals surface area contributed by atoms with Gasteiger partial charge in [-0.25, -0.2) is 19.3 Å². The Kier molecular flexibility index (Phi) is 3.80. The van der Waals surface area contributed by atoms with Crippen LogP contribution in [-0.4, -0.2) is 19.5 Å². The number of fused-ring (bicyclic) bond motifs is 1. The van der Waals surface area contributed by atoms with Gasteiger partial charge in [0.15, 0.2) is 5.65 Å². The van der Waals surface area contributed by atoms with E-state index < -0.39 is 17.8 Å². The Morgan fingerprint density at radius 1 is 1.19 bits per heavy atom. The van der Waals surface area contributed by atoms with Gasteiger partial charge in [0.05, 0.1) is 12.2 Å². The Hall–Kier alpha value is -2.42. The first kappa shape index (κ1) is 17.0. The fourth-order valence-electron chi connectivity index (χ4n) is 2.78. The van der Waals surface area contributed by atoms with E-state index in [4.69, 9.17) is 17.3 Å². The Morgan fingerprint density at radius 2 is 1.92 bits per heavy atom. The van der Waals surface area contributed by atoms with Gasteiger partial charge >= 0.3 is 6.18 Å². The van der Waals surface area contributed by atoms with Gasteiger partial charge in [-0.15, -0.1) is 0 Å². The van der Waals surface area contributed by atoms with Crippen molar-refractivity contribution in [2.24, 2.45) is 0 Å². The summed E-state index contributed by atoms with van der Waals surface area (Å²) < 4.78 is 54.2. The van der Waals surface area contributed by atoms with Crippen LogP contribution in [0.5, 0.6) is 0 Å². The van der Waals surface area contributed by atoms with E-state index in [1.807, 2.05) is 0 Å².